The third kappa shape index (κ3) is 3.56. The predicted octanol–water partition coefficient (Wildman–Crippen LogP) is 2.47. The molecule has 0 fully saturated rings. The maximum Gasteiger partial charge on any atom is 0.321 e. The van der Waals surface area contributed by atoms with Gasteiger partial charge in [0.2, 0.25) is 5.82 Å². The van der Waals surface area contributed by atoms with Crippen LogP contribution in [0.3, 0.4) is 0 Å². The minimum Gasteiger partial charge on any atom is -0.493 e. The van der Waals surface area contributed by atoms with Gasteiger partial charge in [0, 0.05) is 19.2 Å². The van der Waals surface area contributed by atoms with Gasteiger partial charge in [0.05, 0.1) is 25.8 Å². The molecular weight excluding hydrogens is 298 g/mol. The Balaban J connectivity index is 2.24. The highest BCUT2D eigenvalue weighted by Crippen LogP contribution is 2.38. The van der Waals surface area contributed by atoms with Crippen molar-refractivity contribution in [3.63, 3.8) is 0 Å². The molecule has 2 rings (SSSR count). The molecule has 0 aliphatic rings. The van der Waals surface area contributed by atoms with Crippen molar-refractivity contribution >= 4 is 17.6 Å². The Bertz CT molecular complexity index is 603. The summed E-state index contributed by atoms with van der Waals surface area (Å²) in [7, 11) is 4.67. The quantitative estimate of drug-likeness (QED) is 0.786. The van der Waals surface area contributed by atoms with Gasteiger partial charge in [-0.25, -0.2) is 0 Å². The van der Waals surface area contributed by atoms with Crippen molar-refractivity contribution < 1.29 is 18.7 Å². The fraction of sp³-hybridized carbons (Fsp3) is 0.385. The van der Waals surface area contributed by atoms with E-state index in [0.717, 1.165) is 0 Å². The Morgan fingerprint density at radius 1 is 1.24 bits per heavy atom. The Kier molecular flexibility index (Phi) is 5.24. The first-order valence-electron chi connectivity index (χ1n) is 6.18. The van der Waals surface area contributed by atoms with Gasteiger partial charge in [-0.2, -0.15) is 4.98 Å². The molecule has 0 unspecified atom stereocenters. The van der Waals surface area contributed by atoms with Crippen LogP contribution in [0.5, 0.6) is 11.5 Å². The van der Waals surface area contributed by atoms with Crippen molar-refractivity contribution in [3.8, 4) is 22.9 Å². The molecule has 1 aromatic carbocycles. The van der Waals surface area contributed by atoms with Crippen LogP contribution in [-0.2, 0) is 4.74 Å². The zero-order valence-electron chi connectivity index (χ0n) is 12.0. The number of anilines is 1. The minimum atomic E-state index is 0.313. The smallest absolute Gasteiger partial charge is 0.321 e. The van der Waals surface area contributed by atoms with E-state index >= 15 is 0 Å². The number of benzene rings is 1. The molecule has 1 aromatic heterocycles. The summed E-state index contributed by atoms with van der Waals surface area (Å²) in [5.74, 6) is 1.36. The van der Waals surface area contributed by atoms with E-state index in [4.69, 9.17) is 30.3 Å². The van der Waals surface area contributed by atoms with Crippen LogP contribution in [0.1, 0.15) is 0 Å². The summed E-state index contributed by atoms with van der Waals surface area (Å²) < 4.78 is 20.4. The molecule has 7 nitrogen and oxygen atoms in total. The van der Waals surface area contributed by atoms with E-state index in [1.807, 2.05) is 0 Å². The number of ether oxygens (including phenoxy) is 3. The first kappa shape index (κ1) is 15.4. The average molecular weight is 314 g/mol. The Morgan fingerprint density at radius 3 is 2.71 bits per heavy atom. The maximum atomic E-state index is 6.15. The first-order chi connectivity index (χ1) is 10.2. The Labute approximate surface area is 127 Å². The molecule has 0 aliphatic carbocycles. The number of nitrogens with zero attached hydrogens (tertiary/aromatic N) is 2. The van der Waals surface area contributed by atoms with Crippen molar-refractivity contribution in [3.05, 3.63) is 17.2 Å². The van der Waals surface area contributed by atoms with E-state index < -0.39 is 0 Å². The number of hydrogen-bond acceptors (Lipinski definition) is 7. The molecule has 8 heteroatoms. The molecule has 2 aromatic rings. The predicted molar refractivity (Wildman–Crippen MR) is 78.2 cm³/mol. The van der Waals surface area contributed by atoms with Crippen molar-refractivity contribution in [2.24, 2.45) is 0 Å². The molecule has 0 radical (unpaired) electrons. The number of aromatic nitrogens is 2. The van der Waals surface area contributed by atoms with E-state index in [1.165, 1.54) is 14.2 Å². The molecule has 0 bridgehead atoms. The number of halogens is 1. The Hall–Kier alpha value is -1.99. The summed E-state index contributed by atoms with van der Waals surface area (Å²) in [5.41, 5.74) is 0.668. The van der Waals surface area contributed by atoms with Crippen LogP contribution in [-0.4, -0.2) is 44.6 Å². The third-order valence-corrected chi connectivity index (χ3v) is 2.98. The van der Waals surface area contributed by atoms with Crippen LogP contribution in [0.25, 0.3) is 11.4 Å². The van der Waals surface area contributed by atoms with Crippen molar-refractivity contribution in [1.82, 2.24) is 10.1 Å². The number of methoxy groups -OCH3 is 3. The highest BCUT2D eigenvalue weighted by atomic mass is 35.5. The molecule has 114 valence electrons. The molecule has 0 saturated carbocycles. The van der Waals surface area contributed by atoms with Gasteiger partial charge in [0.1, 0.15) is 0 Å². The molecule has 1 N–H and O–H groups in total. The lowest BCUT2D eigenvalue weighted by molar-refractivity contribution is 0.210. The van der Waals surface area contributed by atoms with Gasteiger partial charge in [0.15, 0.2) is 11.5 Å². The van der Waals surface area contributed by atoms with E-state index in [-0.39, 0.29) is 0 Å². The SMILES string of the molecule is COCCNc1nc(-c2cc(Cl)c(OC)c(OC)c2)no1. The second-order valence-corrected chi connectivity index (χ2v) is 4.44. The van der Waals surface area contributed by atoms with Crippen LogP contribution >= 0.6 is 11.6 Å². The van der Waals surface area contributed by atoms with Crippen molar-refractivity contribution in [2.75, 3.05) is 39.8 Å². The van der Waals surface area contributed by atoms with Gasteiger partial charge in [0.25, 0.3) is 0 Å². The summed E-state index contributed by atoms with van der Waals surface area (Å²) >= 11 is 6.15. The van der Waals surface area contributed by atoms with E-state index in [2.05, 4.69) is 15.5 Å². The third-order valence-electron chi connectivity index (χ3n) is 2.70. The molecule has 0 amide bonds. The molecule has 0 atom stereocenters. The topological polar surface area (TPSA) is 78.6 Å². The standard InChI is InChI=1S/C13H16ClN3O4/c1-18-5-4-15-13-16-12(17-21-13)8-6-9(14)11(20-3)10(7-8)19-2/h6-7H,4-5H2,1-3H3,(H,15,16,17). The van der Waals surface area contributed by atoms with Crippen LogP contribution < -0.4 is 14.8 Å². The number of nitrogens with one attached hydrogen (secondary N) is 1. The summed E-state index contributed by atoms with van der Waals surface area (Å²) in [5, 5.41) is 7.25. The normalized spacial score (nSPS) is 10.5. The molecule has 1 heterocycles. The molecule has 0 aliphatic heterocycles. The molecule has 0 spiro atoms. The molecule has 21 heavy (non-hydrogen) atoms. The van der Waals surface area contributed by atoms with E-state index in [1.54, 1.807) is 19.2 Å². The highest BCUT2D eigenvalue weighted by Gasteiger charge is 2.15. The monoisotopic (exact) mass is 313 g/mol. The average Bonchev–Trinajstić information content (AvgIpc) is 2.95. The van der Waals surface area contributed by atoms with E-state index in [9.17, 15) is 0 Å². The Morgan fingerprint density at radius 2 is 2.05 bits per heavy atom. The fourth-order valence-electron chi connectivity index (χ4n) is 1.72. The van der Waals surface area contributed by atoms with Crippen molar-refractivity contribution in [1.29, 1.82) is 0 Å². The summed E-state index contributed by atoms with van der Waals surface area (Å²) in [6, 6.07) is 3.73. The van der Waals surface area contributed by atoms with Gasteiger partial charge in [-0.15, -0.1) is 0 Å². The van der Waals surface area contributed by atoms with Gasteiger partial charge in [-0.1, -0.05) is 16.8 Å². The second-order valence-electron chi connectivity index (χ2n) is 4.04. The van der Waals surface area contributed by atoms with Gasteiger partial charge in [-0.05, 0) is 12.1 Å². The summed E-state index contributed by atoms with van der Waals surface area (Å²) in [6.45, 7) is 1.12. The lowest BCUT2D eigenvalue weighted by Gasteiger charge is -2.10. The van der Waals surface area contributed by atoms with Gasteiger partial charge < -0.3 is 24.1 Å². The molecule has 0 saturated heterocycles. The lowest BCUT2D eigenvalue weighted by atomic mass is 10.2. The van der Waals surface area contributed by atoms with Gasteiger partial charge in [-0.3, -0.25) is 0 Å². The van der Waals surface area contributed by atoms with E-state index in [0.29, 0.717) is 47.1 Å². The molecular formula is C13H16ClN3O4. The van der Waals surface area contributed by atoms with Crippen molar-refractivity contribution in [2.45, 2.75) is 0 Å². The van der Waals surface area contributed by atoms with Crippen LogP contribution in [0, 0.1) is 0 Å². The zero-order chi connectivity index (χ0) is 15.2. The first-order valence-corrected chi connectivity index (χ1v) is 6.55. The second kappa shape index (κ2) is 7.14. The summed E-state index contributed by atoms with van der Waals surface area (Å²) in [4.78, 5) is 4.22. The summed E-state index contributed by atoms with van der Waals surface area (Å²) in [6.07, 6.45) is 0. The highest BCUT2D eigenvalue weighted by molar-refractivity contribution is 6.32. The van der Waals surface area contributed by atoms with Gasteiger partial charge >= 0.3 is 6.01 Å². The van der Waals surface area contributed by atoms with Crippen LogP contribution in [0.2, 0.25) is 5.02 Å². The number of hydrogen-bond donors (Lipinski definition) is 1. The van der Waals surface area contributed by atoms with Crippen LogP contribution in [0.4, 0.5) is 6.01 Å². The van der Waals surface area contributed by atoms with Crippen LogP contribution in [0.15, 0.2) is 16.7 Å². The zero-order valence-corrected chi connectivity index (χ0v) is 12.7. The maximum absolute atomic E-state index is 6.15. The lowest BCUT2D eigenvalue weighted by Crippen LogP contribution is -2.07. The largest absolute Gasteiger partial charge is 0.493 e. The number of rotatable bonds is 7. The minimum absolute atomic E-state index is 0.313. The fourth-order valence-corrected chi connectivity index (χ4v) is 2.01.